The number of halogens is 7. The quantitative estimate of drug-likeness (QED) is 0.260. The van der Waals surface area contributed by atoms with E-state index < -0.39 is 69.1 Å². The fourth-order valence-electron chi connectivity index (χ4n) is 6.77. The Morgan fingerprint density at radius 1 is 1.00 bits per heavy atom. The van der Waals surface area contributed by atoms with Crippen LogP contribution in [0.25, 0.3) is 22.3 Å². The second-order valence-electron chi connectivity index (χ2n) is 12.5. The van der Waals surface area contributed by atoms with E-state index in [2.05, 4.69) is 35.5 Å². The molecule has 1 saturated carbocycles. The van der Waals surface area contributed by atoms with Crippen molar-refractivity contribution in [2.75, 3.05) is 50.9 Å². The molecule has 1 spiro atoms. The number of nitrogens with two attached hydrogens (primary N) is 1. The lowest BCUT2D eigenvalue weighted by atomic mass is 10.0. The number of nitrogen functional groups attached to an aromatic ring is 1. The number of methoxy groups -OCH3 is 1. The lowest BCUT2D eigenvalue weighted by Crippen LogP contribution is -2.26. The van der Waals surface area contributed by atoms with E-state index in [1.807, 2.05) is 13.8 Å². The SMILES string of the molecule is CC.COc1nc2c3c(nc(-c4nc(N)c(F)c(C)c4C(F)(F)F)c(F)c3n1)OC(C)CCNCCN2.FC1(F)CC12CC1CCCN1C2. The molecule has 3 unspecified atom stereocenters. The maximum atomic E-state index is 15.9. The van der Waals surface area contributed by atoms with Gasteiger partial charge in [0.1, 0.15) is 28.1 Å². The van der Waals surface area contributed by atoms with E-state index in [4.69, 9.17) is 15.2 Å². The molecular weight excluding hydrogens is 661 g/mol. The van der Waals surface area contributed by atoms with Crippen LogP contribution in [0.15, 0.2) is 0 Å². The van der Waals surface area contributed by atoms with Crippen LogP contribution in [-0.4, -0.2) is 82.7 Å². The minimum absolute atomic E-state index is 0.0150. The van der Waals surface area contributed by atoms with Gasteiger partial charge in [-0.1, -0.05) is 13.8 Å². The normalized spacial score (nSPS) is 24.4. The molecule has 6 heterocycles. The Balaban J connectivity index is 0.000000275. The topological polar surface area (TPSA) is 123 Å². The largest absolute Gasteiger partial charge is 0.474 e. The first-order chi connectivity index (χ1) is 23.2. The highest BCUT2D eigenvalue weighted by Gasteiger charge is 2.74. The molecule has 0 bridgehead atoms. The summed E-state index contributed by atoms with van der Waals surface area (Å²) in [5.41, 5.74) is 0.362. The van der Waals surface area contributed by atoms with E-state index in [1.54, 1.807) is 6.92 Å². The van der Waals surface area contributed by atoms with Gasteiger partial charge in [-0.05, 0) is 52.6 Å². The number of fused-ring (bicyclic) bond motifs is 1. The highest BCUT2D eigenvalue weighted by Crippen LogP contribution is 2.67. The average molecular weight is 703 g/mol. The third kappa shape index (κ3) is 7.00. The molecule has 0 amide bonds. The molecule has 3 fully saturated rings. The van der Waals surface area contributed by atoms with Gasteiger partial charge in [0.25, 0.3) is 5.92 Å². The standard InChI is InChI=1S/C21H22F5N7O2.C9H13F2N.C2H6/c1-8-4-5-28-6-7-29-18-10-14(32-20(33-18)34-3)13(23)16(31-19(10)35-8)15-11(21(24,25)26)9(2)12(22)17(27)30-15;10-9(11)5-8(9)4-7-2-1-3-12(7)6-8;1-2/h8,28H,4-7H2,1-3H3,(H2,27,30)(H,29,32,33);7H,1-6H2;1-2H3. The van der Waals surface area contributed by atoms with Crippen LogP contribution < -0.4 is 25.8 Å². The maximum Gasteiger partial charge on any atom is 0.418 e. The second-order valence-corrected chi connectivity index (χ2v) is 12.5. The number of anilines is 2. The minimum atomic E-state index is -5.08. The molecule has 4 N–H and O–H groups in total. The average Bonchev–Trinajstić information content (AvgIpc) is 3.29. The van der Waals surface area contributed by atoms with Crippen molar-refractivity contribution in [3.8, 4) is 23.3 Å². The van der Waals surface area contributed by atoms with E-state index in [1.165, 1.54) is 13.5 Å². The van der Waals surface area contributed by atoms with Crippen molar-refractivity contribution in [3.63, 3.8) is 0 Å². The number of alkyl halides is 5. The van der Waals surface area contributed by atoms with Crippen LogP contribution in [0.2, 0.25) is 0 Å². The first kappa shape index (κ1) is 36.5. The van der Waals surface area contributed by atoms with Crippen molar-refractivity contribution >= 4 is 22.5 Å². The molecule has 2 saturated heterocycles. The van der Waals surface area contributed by atoms with Gasteiger partial charge < -0.3 is 25.8 Å². The highest BCUT2D eigenvalue weighted by atomic mass is 19.4. The molecule has 270 valence electrons. The third-order valence-electron chi connectivity index (χ3n) is 9.30. The molecule has 3 aliphatic heterocycles. The van der Waals surface area contributed by atoms with Gasteiger partial charge in [0.05, 0.1) is 24.2 Å². The lowest BCUT2D eigenvalue weighted by Gasteiger charge is -2.20. The van der Waals surface area contributed by atoms with Gasteiger partial charge in [0.15, 0.2) is 17.5 Å². The molecule has 7 rings (SSSR count). The van der Waals surface area contributed by atoms with Crippen LogP contribution >= 0.6 is 0 Å². The molecule has 0 radical (unpaired) electrons. The summed E-state index contributed by atoms with van der Waals surface area (Å²) in [5.74, 6) is -5.85. The molecule has 10 nitrogen and oxygen atoms in total. The molecule has 3 atom stereocenters. The van der Waals surface area contributed by atoms with Crippen LogP contribution in [0.4, 0.5) is 42.4 Å². The van der Waals surface area contributed by atoms with Crippen molar-refractivity contribution in [2.24, 2.45) is 5.41 Å². The van der Waals surface area contributed by atoms with Crippen LogP contribution in [0.1, 0.15) is 64.0 Å². The molecule has 1 aliphatic carbocycles. The van der Waals surface area contributed by atoms with Crippen LogP contribution in [0.5, 0.6) is 11.9 Å². The summed E-state index contributed by atoms with van der Waals surface area (Å²) in [4.78, 5) is 18.1. The summed E-state index contributed by atoms with van der Waals surface area (Å²) in [6.45, 7) is 9.86. The third-order valence-corrected chi connectivity index (χ3v) is 9.30. The van der Waals surface area contributed by atoms with E-state index in [0.29, 0.717) is 38.6 Å². The monoisotopic (exact) mass is 702 g/mol. The molecule has 0 aromatic carbocycles. The smallest absolute Gasteiger partial charge is 0.418 e. The van der Waals surface area contributed by atoms with Gasteiger partial charge >= 0.3 is 12.2 Å². The molecule has 3 aromatic rings. The van der Waals surface area contributed by atoms with Crippen LogP contribution in [-0.2, 0) is 6.18 Å². The second kappa shape index (κ2) is 13.9. The summed E-state index contributed by atoms with van der Waals surface area (Å²) in [6.07, 6.45) is -1.73. The Bertz CT molecular complexity index is 1680. The maximum absolute atomic E-state index is 15.9. The molecule has 49 heavy (non-hydrogen) atoms. The Morgan fingerprint density at radius 3 is 2.35 bits per heavy atom. The van der Waals surface area contributed by atoms with E-state index in [9.17, 15) is 26.3 Å². The predicted octanol–water partition coefficient (Wildman–Crippen LogP) is 6.36. The fraction of sp³-hybridized carbons (Fsp3) is 0.625. The number of nitrogens with one attached hydrogen (secondary N) is 2. The summed E-state index contributed by atoms with van der Waals surface area (Å²) in [6, 6.07) is 0.259. The zero-order valence-electron chi connectivity index (χ0n) is 28.0. The van der Waals surface area contributed by atoms with Gasteiger partial charge in [0, 0.05) is 37.7 Å². The number of rotatable bonds is 2. The van der Waals surface area contributed by atoms with E-state index >= 15 is 4.39 Å². The van der Waals surface area contributed by atoms with Crippen LogP contribution in [0.3, 0.4) is 0 Å². The Hall–Kier alpha value is -3.73. The lowest BCUT2D eigenvalue weighted by molar-refractivity contribution is -0.137. The number of ether oxygens (including phenoxy) is 2. The van der Waals surface area contributed by atoms with Crippen molar-refractivity contribution < 1.29 is 40.2 Å². The van der Waals surface area contributed by atoms with Gasteiger partial charge in [-0.3, -0.25) is 4.90 Å². The minimum Gasteiger partial charge on any atom is -0.474 e. The summed E-state index contributed by atoms with van der Waals surface area (Å²) in [5, 5.41) is 6.23. The summed E-state index contributed by atoms with van der Waals surface area (Å²) in [7, 11) is 1.26. The Kier molecular flexibility index (Phi) is 10.4. The van der Waals surface area contributed by atoms with E-state index in [-0.39, 0.29) is 29.5 Å². The fourth-order valence-corrected chi connectivity index (χ4v) is 6.77. The van der Waals surface area contributed by atoms with Gasteiger partial charge in [-0.2, -0.15) is 23.1 Å². The van der Waals surface area contributed by atoms with Crippen molar-refractivity contribution in [1.29, 1.82) is 0 Å². The van der Waals surface area contributed by atoms with Crippen molar-refractivity contribution in [2.45, 2.75) is 84.0 Å². The number of aromatic nitrogens is 4. The van der Waals surface area contributed by atoms with Crippen LogP contribution in [0, 0.1) is 24.0 Å². The molecular formula is C32H41F7N8O2. The number of hydrogen-bond donors (Lipinski definition) is 3. The summed E-state index contributed by atoms with van der Waals surface area (Å²) < 4.78 is 109. The van der Waals surface area contributed by atoms with Gasteiger partial charge in [-0.15, -0.1) is 0 Å². The Labute approximate surface area is 279 Å². The Morgan fingerprint density at radius 2 is 1.71 bits per heavy atom. The zero-order valence-corrected chi connectivity index (χ0v) is 28.0. The first-order valence-electron chi connectivity index (χ1n) is 16.4. The van der Waals surface area contributed by atoms with Crippen molar-refractivity contribution in [3.05, 3.63) is 22.8 Å². The van der Waals surface area contributed by atoms with Crippen molar-refractivity contribution in [1.82, 2.24) is 30.2 Å². The molecule has 3 aromatic heterocycles. The predicted molar refractivity (Wildman–Crippen MR) is 170 cm³/mol. The molecule has 17 heteroatoms. The van der Waals surface area contributed by atoms with E-state index in [0.717, 1.165) is 26.3 Å². The summed E-state index contributed by atoms with van der Waals surface area (Å²) >= 11 is 0. The van der Waals surface area contributed by atoms with Gasteiger partial charge in [0.2, 0.25) is 5.88 Å². The van der Waals surface area contributed by atoms with Gasteiger partial charge in [-0.25, -0.2) is 27.5 Å². The number of hydrogen-bond acceptors (Lipinski definition) is 10. The number of pyridine rings is 2. The highest BCUT2D eigenvalue weighted by molar-refractivity contribution is 5.96. The zero-order chi connectivity index (χ0) is 35.9. The first-order valence-corrected chi connectivity index (χ1v) is 16.4. The molecule has 4 aliphatic rings. The number of nitrogens with zero attached hydrogens (tertiary/aromatic N) is 5.